The van der Waals surface area contributed by atoms with E-state index in [-0.39, 0.29) is 0 Å². The minimum absolute atomic E-state index is 0.443. The minimum Gasteiger partial charge on any atom is -0.342 e. The topological polar surface area (TPSA) is 35.2 Å². The Kier molecular flexibility index (Phi) is 5.33. The molecule has 4 rings (SSSR count). The highest BCUT2D eigenvalue weighted by Gasteiger charge is 2.39. The van der Waals surface area contributed by atoms with Gasteiger partial charge in [-0.1, -0.05) is 30.3 Å². The van der Waals surface area contributed by atoms with E-state index in [9.17, 15) is 5.26 Å². The Balaban J connectivity index is 1.40. The quantitative estimate of drug-likeness (QED) is 0.830. The zero-order chi connectivity index (χ0) is 18.7. The van der Waals surface area contributed by atoms with Crippen molar-refractivity contribution in [3.8, 4) is 6.07 Å². The molecule has 0 radical (unpaired) electrons. The van der Waals surface area contributed by atoms with Crippen LogP contribution in [-0.4, -0.2) is 40.5 Å². The molecular weight excluding hydrogens is 332 g/mol. The van der Waals surface area contributed by atoms with Gasteiger partial charge in [-0.2, -0.15) is 5.26 Å². The Hall–Kier alpha value is -2.09. The normalized spacial score (nSPS) is 24.1. The highest BCUT2D eigenvalue weighted by molar-refractivity contribution is 5.28. The van der Waals surface area contributed by atoms with Crippen LogP contribution >= 0.6 is 0 Å². The molecule has 2 aromatic rings. The van der Waals surface area contributed by atoms with Crippen molar-refractivity contribution in [2.75, 3.05) is 26.2 Å². The van der Waals surface area contributed by atoms with Crippen LogP contribution in [0.3, 0.4) is 0 Å². The number of aromatic nitrogens is 1. The van der Waals surface area contributed by atoms with Gasteiger partial charge >= 0.3 is 0 Å². The molecule has 0 N–H and O–H groups in total. The van der Waals surface area contributed by atoms with Gasteiger partial charge in [-0.15, -0.1) is 0 Å². The molecule has 1 aromatic carbocycles. The van der Waals surface area contributed by atoms with Crippen molar-refractivity contribution >= 4 is 0 Å². The van der Waals surface area contributed by atoms with Gasteiger partial charge in [0.15, 0.2) is 0 Å². The van der Waals surface area contributed by atoms with Crippen LogP contribution in [0.5, 0.6) is 0 Å². The van der Waals surface area contributed by atoms with Crippen molar-refractivity contribution in [3.63, 3.8) is 0 Å². The van der Waals surface area contributed by atoms with Crippen molar-refractivity contribution in [3.05, 3.63) is 59.4 Å². The lowest BCUT2D eigenvalue weighted by molar-refractivity contribution is 0.00775. The van der Waals surface area contributed by atoms with Gasteiger partial charge in [0, 0.05) is 39.4 Å². The van der Waals surface area contributed by atoms with Crippen molar-refractivity contribution in [2.45, 2.75) is 38.8 Å². The van der Waals surface area contributed by atoms with Gasteiger partial charge in [-0.25, -0.2) is 0 Å². The molecule has 1 atom stereocenters. The van der Waals surface area contributed by atoms with E-state index >= 15 is 0 Å². The maximum Gasteiger partial charge on any atom is 0.120 e. The Labute approximate surface area is 163 Å². The van der Waals surface area contributed by atoms with Crippen LogP contribution in [0.15, 0.2) is 42.6 Å². The molecule has 2 aliphatic rings. The van der Waals surface area contributed by atoms with Gasteiger partial charge < -0.3 is 4.57 Å². The number of nitrogens with zero attached hydrogens (tertiary/aromatic N) is 4. The van der Waals surface area contributed by atoms with E-state index in [0.717, 1.165) is 18.8 Å². The first-order chi connectivity index (χ1) is 13.2. The monoisotopic (exact) mass is 362 g/mol. The predicted molar refractivity (Wildman–Crippen MR) is 108 cm³/mol. The fourth-order valence-corrected chi connectivity index (χ4v) is 5.15. The summed E-state index contributed by atoms with van der Waals surface area (Å²) in [6.07, 6.45) is 7.42. The van der Waals surface area contributed by atoms with E-state index in [0.29, 0.717) is 5.41 Å². The maximum absolute atomic E-state index is 9.20. The molecule has 1 spiro atoms. The summed E-state index contributed by atoms with van der Waals surface area (Å²) in [4.78, 5) is 5.28. The second kappa shape index (κ2) is 7.88. The van der Waals surface area contributed by atoms with Gasteiger partial charge in [-0.05, 0) is 61.4 Å². The largest absolute Gasteiger partial charge is 0.342 e. The fraction of sp³-hybridized carbons (Fsp3) is 0.522. The number of benzene rings is 1. The van der Waals surface area contributed by atoms with Crippen LogP contribution in [0.1, 0.15) is 42.5 Å². The summed E-state index contributed by atoms with van der Waals surface area (Å²) in [5, 5.41) is 9.20. The van der Waals surface area contributed by atoms with Crippen LogP contribution in [-0.2, 0) is 20.1 Å². The van der Waals surface area contributed by atoms with Crippen LogP contribution in [0, 0.1) is 16.7 Å². The third-order valence-electron chi connectivity index (χ3n) is 6.31. The standard InChI is InChI=1S/C23H30N4/c1-25-15-21(13-22(25)14-24)17-27-12-6-10-23(19-27)9-5-11-26(18-23)16-20-7-3-2-4-8-20/h2-4,7-8,13,15H,5-6,9-12,16-19H2,1H3. The van der Waals surface area contributed by atoms with Crippen molar-refractivity contribution in [1.82, 2.24) is 14.4 Å². The first kappa shape index (κ1) is 18.3. The fourth-order valence-electron chi connectivity index (χ4n) is 5.15. The maximum atomic E-state index is 9.20. The number of hydrogen-bond acceptors (Lipinski definition) is 3. The van der Waals surface area contributed by atoms with E-state index < -0.39 is 0 Å². The molecule has 142 valence electrons. The number of aryl methyl sites for hydroxylation is 1. The Morgan fingerprint density at radius 3 is 2.19 bits per heavy atom. The summed E-state index contributed by atoms with van der Waals surface area (Å²) >= 11 is 0. The van der Waals surface area contributed by atoms with Crippen LogP contribution in [0.25, 0.3) is 0 Å². The molecule has 3 heterocycles. The van der Waals surface area contributed by atoms with Crippen molar-refractivity contribution < 1.29 is 0 Å². The van der Waals surface area contributed by atoms with Crippen molar-refractivity contribution in [1.29, 1.82) is 5.26 Å². The van der Waals surface area contributed by atoms with Gasteiger partial charge in [0.2, 0.25) is 0 Å². The zero-order valence-electron chi connectivity index (χ0n) is 16.4. The second-order valence-corrected chi connectivity index (χ2v) is 8.57. The van der Waals surface area contributed by atoms with E-state index in [1.807, 2.05) is 17.7 Å². The highest BCUT2D eigenvalue weighted by Crippen LogP contribution is 2.39. The second-order valence-electron chi connectivity index (χ2n) is 8.57. The van der Waals surface area contributed by atoms with E-state index in [1.54, 1.807) is 0 Å². The van der Waals surface area contributed by atoms with Gasteiger partial charge in [0.1, 0.15) is 11.8 Å². The Morgan fingerprint density at radius 1 is 0.963 bits per heavy atom. The molecule has 0 aliphatic carbocycles. The molecular formula is C23H30N4. The van der Waals surface area contributed by atoms with E-state index in [4.69, 9.17) is 0 Å². The van der Waals surface area contributed by atoms with E-state index in [1.165, 1.54) is 63.0 Å². The molecule has 0 bridgehead atoms. The van der Waals surface area contributed by atoms with Gasteiger partial charge in [0.05, 0.1) is 0 Å². The highest BCUT2D eigenvalue weighted by atomic mass is 15.2. The summed E-state index contributed by atoms with van der Waals surface area (Å²) in [5.41, 5.74) is 3.89. The first-order valence-corrected chi connectivity index (χ1v) is 10.2. The molecule has 27 heavy (non-hydrogen) atoms. The molecule has 2 aliphatic heterocycles. The number of hydrogen-bond donors (Lipinski definition) is 0. The van der Waals surface area contributed by atoms with Crippen LogP contribution in [0.4, 0.5) is 0 Å². The number of piperidine rings is 2. The summed E-state index contributed by atoms with van der Waals surface area (Å²) in [5.74, 6) is 0. The van der Waals surface area contributed by atoms with Gasteiger partial charge in [-0.3, -0.25) is 9.80 Å². The smallest absolute Gasteiger partial charge is 0.120 e. The first-order valence-electron chi connectivity index (χ1n) is 10.2. The summed E-state index contributed by atoms with van der Waals surface area (Å²) in [6.45, 7) is 6.85. The Morgan fingerprint density at radius 2 is 1.59 bits per heavy atom. The minimum atomic E-state index is 0.443. The SMILES string of the molecule is Cn1cc(CN2CCCC3(CCCN(Cc4ccccc4)C3)C2)cc1C#N. The zero-order valence-corrected chi connectivity index (χ0v) is 16.4. The average molecular weight is 363 g/mol. The predicted octanol–water partition coefficient (Wildman–Crippen LogP) is 3.77. The molecule has 1 unspecified atom stereocenters. The summed E-state index contributed by atoms with van der Waals surface area (Å²) in [7, 11) is 1.96. The van der Waals surface area contributed by atoms with Crippen molar-refractivity contribution in [2.24, 2.45) is 12.5 Å². The van der Waals surface area contributed by atoms with Gasteiger partial charge in [0.25, 0.3) is 0 Å². The van der Waals surface area contributed by atoms with Crippen LogP contribution < -0.4 is 0 Å². The number of rotatable bonds is 4. The van der Waals surface area contributed by atoms with E-state index in [2.05, 4.69) is 52.4 Å². The summed E-state index contributed by atoms with van der Waals surface area (Å²) in [6, 6.07) is 15.2. The lowest BCUT2D eigenvalue weighted by atomic mass is 9.73. The third kappa shape index (κ3) is 4.26. The lowest BCUT2D eigenvalue weighted by Gasteiger charge is -2.48. The number of likely N-dealkylation sites (tertiary alicyclic amines) is 2. The summed E-state index contributed by atoms with van der Waals surface area (Å²) < 4.78 is 1.94. The van der Waals surface area contributed by atoms with Crippen LogP contribution in [0.2, 0.25) is 0 Å². The Bertz CT molecular complexity index is 800. The third-order valence-corrected chi connectivity index (χ3v) is 6.31. The molecule has 4 heteroatoms. The molecule has 0 saturated carbocycles. The molecule has 2 saturated heterocycles. The molecule has 1 aromatic heterocycles. The lowest BCUT2D eigenvalue weighted by Crippen LogP contribution is -2.51. The molecule has 4 nitrogen and oxygen atoms in total. The number of nitriles is 1. The molecule has 2 fully saturated rings. The molecule has 0 amide bonds. The average Bonchev–Trinajstić information content (AvgIpc) is 3.02.